The molecule has 0 aliphatic heterocycles. The normalized spacial score (nSPS) is 21.4. The molecular formula is C22H21ClN2OS. The van der Waals surface area contributed by atoms with Crippen LogP contribution in [0.3, 0.4) is 0 Å². The Morgan fingerprint density at radius 2 is 1.81 bits per heavy atom. The smallest absolute Gasteiger partial charge is 0.106 e. The van der Waals surface area contributed by atoms with E-state index in [0.717, 1.165) is 27.6 Å². The first-order chi connectivity index (χ1) is 13.2. The van der Waals surface area contributed by atoms with Gasteiger partial charge < -0.3 is 5.11 Å². The van der Waals surface area contributed by atoms with E-state index >= 15 is 0 Å². The molecule has 1 aromatic heterocycles. The largest absolute Gasteiger partial charge is 0.396 e. The Labute approximate surface area is 168 Å². The topological polar surface area (TPSA) is 38.1 Å². The second-order valence-corrected chi connectivity index (χ2v) is 9.07. The standard InChI is InChI=1S/C22H21ClN2OS/c23-17-5-9-19(10-6-17)27-21-12-25(18-7-8-18)24-22(21)15-3-1-14(2-4-15)20-11-16(20)13-26/h1-6,9-10,12,16,18,20,26H,7-8,11,13H2. The van der Waals surface area contributed by atoms with Crippen LogP contribution in [0.5, 0.6) is 0 Å². The Kier molecular flexibility index (Phi) is 4.50. The maximum Gasteiger partial charge on any atom is 0.106 e. The number of aromatic nitrogens is 2. The maximum atomic E-state index is 9.30. The quantitative estimate of drug-likeness (QED) is 0.573. The van der Waals surface area contributed by atoms with E-state index in [0.29, 0.717) is 24.5 Å². The molecule has 0 radical (unpaired) electrons. The highest BCUT2D eigenvalue weighted by molar-refractivity contribution is 7.99. The number of aliphatic hydroxyl groups is 1. The lowest BCUT2D eigenvalue weighted by Gasteiger charge is -2.05. The van der Waals surface area contributed by atoms with E-state index in [-0.39, 0.29) is 0 Å². The zero-order valence-electron chi connectivity index (χ0n) is 14.9. The van der Waals surface area contributed by atoms with Gasteiger partial charge in [-0.15, -0.1) is 0 Å². The second kappa shape index (κ2) is 7.01. The fourth-order valence-corrected chi connectivity index (χ4v) is 4.62. The Bertz CT molecular complexity index is 947. The van der Waals surface area contributed by atoms with Gasteiger partial charge in [0, 0.05) is 28.3 Å². The van der Waals surface area contributed by atoms with Gasteiger partial charge in [-0.3, -0.25) is 4.68 Å². The summed E-state index contributed by atoms with van der Waals surface area (Å²) in [6, 6.07) is 17.3. The van der Waals surface area contributed by atoms with Crippen LogP contribution in [0.1, 0.15) is 36.8 Å². The molecule has 27 heavy (non-hydrogen) atoms. The zero-order valence-corrected chi connectivity index (χ0v) is 16.5. The number of hydrogen-bond acceptors (Lipinski definition) is 3. The number of rotatable bonds is 6. The van der Waals surface area contributed by atoms with Crippen LogP contribution in [0.4, 0.5) is 0 Å². The summed E-state index contributed by atoms with van der Waals surface area (Å²) in [4.78, 5) is 2.34. The number of hydrogen-bond donors (Lipinski definition) is 1. The van der Waals surface area contributed by atoms with Gasteiger partial charge in [0.2, 0.25) is 0 Å². The summed E-state index contributed by atoms with van der Waals surface area (Å²) in [5.41, 5.74) is 3.52. The third-order valence-electron chi connectivity index (χ3n) is 5.43. The van der Waals surface area contributed by atoms with E-state index in [1.165, 1.54) is 23.3 Å². The lowest BCUT2D eigenvalue weighted by Crippen LogP contribution is -1.94. The molecule has 0 spiro atoms. The molecule has 2 unspecified atom stereocenters. The predicted molar refractivity (Wildman–Crippen MR) is 109 cm³/mol. The average Bonchev–Trinajstić information content (AvgIpc) is 3.61. The molecule has 1 heterocycles. The van der Waals surface area contributed by atoms with Crippen LogP contribution >= 0.6 is 23.4 Å². The summed E-state index contributed by atoms with van der Waals surface area (Å²) < 4.78 is 2.13. The number of halogens is 1. The summed E-state index contributed by atoms with van der Waals surface area (Å²) >= 11 is 7.76. The van der Waals surface area contributed by atoms with E-state index in [1.807, 2.05) is 12.1 Å². The van der Waals surface area contributed by atoms with Crippen LogP contribution in [0, 0.1) is 5.92 Å². The van der Waals surface area contributed by atoms with Gasteiger partial charge in [-0.1, -0.05) is 47.6 Å². The van der Waals surface area contributed by atoms with Gasteiger partial charge in [0.05, 0.1) is 10.9 Å². The molecule has 1 N–H and O–H groups in total. The highest BCUT2D eigenvalue weighted by atomic mass is 35.5. The molecule has 0 saturated heterocycles. The summed E-state index contributed by atoms with van der Waals surface area (Å²) in [5, 5.41) is 15.0. The first-order valence-electron chi connectivity index (χ1n) is 9.45. The SMILES string of the molecule is OCC1CC1c1ccc(-c2nn(C3CC3)cc2Sc2ccc(Cl)cc2)cc1. The fraction of sp³-hybridized carbons (Fsp3) is 0.318. The Morgan fingerprint density at radius 1 is 1.07 bits per heavy atom. The third kappa shape index (κ3) is 3.66. The molecule has 3 aromatic rings. The minimum Gasteiger partial charge on any atom is -0.396 e. The monoisotopic (exact) mass is 396 g/mol. The van der Waals surface area contributed by atoms with Crippen LogP contribution in [0.2, 0.25) is 5.02 Å². The molecule has 2 aliphatic carbocycles. The first kappa shape index (κ1) is 17.4. The molecule has 138 valence electrons. The second-order valence-electron chi connectivity index (χ2n) is 7.52. The molecule has 5 heteroatoms. The first-order valence-corrected chi connectivity index (χ1v) is 10.6. The van der Waals surface area contributed by atoms with Gasteiger partial charge >= 0.3 is 0 Å². The van der Waals surface area contributed by atoms with Crippen molar-refractivity contribution in [1.82, 2.24) is 9.78 Å². The third-order valence-corrected chi connectivity index (χ3v) is 6.71. The highest BCUT2D eigenvalue weighted by Gasteiger charge is 2.37. The van der Waals surface area contributed by atoms with Crippen molar-refractivity contribution in [2.75, 3.05) is 6.61 Å². The Balaban J connectivity index is 1.44. The van der Waals surface area contributed by atoms with Crippen molar-refractivity contribution in [2.24, 2.45) is 5.92 Å². The van der Waals surface area contributed by atoms with Crippen LogP contribution in [0.25, 0.3) is 11.3 Å². The Morgan fingerprint density at radius 3 is 2.44 bits per heavy atom. The van der Waals surface area contributed by atoms with Crippen molar-refractivity contribution < 1.29 is 5.11 Å². The van der Waals surface area contributed by atoms with E-state index in [4.69, 9.17) is 16.7 Å². The molecular weight excluding hydrogens is 376 g/mol. The van der Waals surface area contributed by atoms with Crippen molar-refractivity contribution in [3.05, 3.63) is 65.3 Å². The Hall–Kier alpha value is -1.75. The molecule has 2 saturated carbocycles. The molecule has 5 rings (SSSR count). The van der Waals surface area contributed by atoms with Gasteiger partial charge in [0.1, 0.15) is 5.69 Å². The van der Waals surface area contributed by atoms with Crippen LogP contribution in [0.15, 0.2) is 64.5 Å². The summed E-state index contributed by atoms with van der Waals surface area (Å²) in [5.74, 6) is 0.969. The van der Waals surface area contributed by atoms with Gasteiger partial charge in [-0.25, -0.2) is 0 Å². The van der Waals surface area contributed by atoms with Crippen molar-refractivity contribution >= 4 is 23.4 Å². The number of benzene rings is 2. The van der Waals surface area contributed by atoms with E-state index < -0.39 is 0 Å². The van der Waals surface area contributed by atoms with Gasteiger partial charge in [-0.05, 0) is 60.9 Å². The molecule has 0 bridgehead atoms. The lowest BCUT2D eigenvalue weighted by molar-refractivity contribution is 0.274. The van der Waals surface area contributed by atoms with Crippen molar-refractivity contribution in [2.45, 2.75) is 41.0 Å². The molecule has 3 nitrogen and oxygen atoms in total. The molecule has 2 aromatic carbocycles. The zero-order chi connectivity index (χ0) is 18.4. The summed E-state index contributed by atoms with van der Waals surface area (Å²) in [6.07, 6.45) is 5.72. The predicted octanol–water partition coefficient (Wildman–Crippen LogP) is 5.79. The van der Waals surface area contributed by atoms with Crippen molar-refractivity contribution in [1.29, 1.82) is 0 Å². The van der Waals surface area contributed by atoms with Gasteiger partial charge in [-0.2, -0.15) is 5.10 Å². The van der Waals surface area contributed by atoms with Crippen LogP contribution in [-0.4, -0.2) is 21.5 Å². The minimum absolute atomic E-state index is 0.292. The van der Waals surface area contributed by atoms with Crippen molar-refractivity contribution in [3.8, 4) is 11.3 Å². The molecule has 0 amide bonds. The fourth-order valence-electron chi connectivity index (χ4n) is 3.55. The van der Waals surface area contributed by atoms with Crippen LogP contribution in [-0.2, 0) is 0 Å². The number of nitrogens with zero attached hydrogens (tertiary/aromatic N) is 2. The number of aliphatic hydroxyl groups excluding tert-OH is 1. The minimum atomic E-state index is 0.292. The van der Waals surface area contributed by atoms with E-state index in [9.17, 15) is 5.11 Å². The molecule has 2 fully saturated rings. The lowest BCUT2D eigenvalue weighted by atomic mass is 10.1. The maximum absolute atomic E-state index is 9.30. The van der Waals surface area contributed by atoms with Gasteiger partial charge in [0.25, 0.3) is 0 Å². The van der Waals surface area contributed by atoms with E-state index in [1.54, 1.807) is 11.8 Å². The van der Waals surface area contributed by atoms with Crippen LogP contribution < -0.4 is 0 Å². The highest BCUT2D eigenvalue weighted by Crippen LogP contribution is 2.47. The van der Waals surface area contributed by atoms with Crippen molar-refractivity contribution in [3.63, 3.8) is 0 Å². The average molecular weight is 397 g/mol. The molecule has 2 aliphatic rings. The summed E-state index contributed by atoms with van der Waals surface area (Å²) in [6.45, 7) is 0.292. The van der Waals surface area contributed by atoms with Gasteiger partial charge in [0.15, 0.2) is 0 Å². The van der Waals surface area contributed by atoms with E-state index in [2.05, 4.69) is 47.3 Å². The summed E-state index contributed by atoms with van der Waals surface area (Å²) in [7, 11) is 0. The molecule has 2 atom stereocenters.